The summed E-state index contributed by atoms with van der Waals surface area (Å²) in [5, 5.41) is 14.4. The summed E-state index contributed by atoms with van der Waals surface area (Å²) >= 11 is 0. The maximum absolute atomic E-state index is 13.8. The number of nitrogens with one attached hydrogen (secondary N) is 1. The molecule has 208 valence electrons. The number of aromatic nitrogens is 1. The third-order valence-electron chi connectivity index (χ3n) is 6.70. The monoisotopic (exact) mass is 553 g/mol. The van der Waals surface area contributed by atoms with Crippen molar-refractivity contribution in [2.75, 3.05) is 26.8 Å². The maximum Gasteiger partial charge on any atom is 0.270 e. The van der Waals surface area contributed by atoms with Crippen molar-refractivity contribution >= 4 is 15.9 Å². The molecule has 2 aromatic carbocycles. The van der Waals surface area contributed by atoms with Crippen LogP contribution in [0.1, 0.15) is 34.6 Å². The maximum atomic E-state index is 13.8. The molecule has 1 fully saturated rings. The van der Waals surface area contributed by atoms with E-state index in [2.05, 4.69) is 10.3 Å². The molecule has 1 saturated heterocycles. The highest BCUT2D eigenvalue weighted by atomic mass is 32.2. The number of hydrogen-bond acceptors (Lipinski definition) is 7. The van der Waals surface area contributed by atoms with Gasteiger partial charge in [-0.3, -0.25) is 4.79 Å². The molecule has 0 bridgehead atoms. The lowest BCUT2D eigenvalue weighted by Gasteiger charge is -2.31. The number of rotatable bonds is 12. The van der Waals surface area contributed by atoms with Crippen LogP contribution in [-0.4, -0.2) is 73.8 Å². The molecule has 4 rings (SSSR count). The number of carbonyl (C=O) groups is 1. The molecule has 1 aliphatic rings. The molecular formula is C29H35N3O6S. The van der Waals surface area contributed by atoms with Crippen LogP contribution in [0.15, 0.2) is 77.7 Å². The number of aliphatic hydroxyl groups excluding tert-OH is 1. The highest BCUT2D eigenvalue weighted by molar-refractivity contribution is 7.89. The minimum atomic E-state index is -4.02. The number of pyridine rings is 1. The molecule has 39 heavy (non-hydrogen) atoms. The largest absolute Gasteiger partial charge is 0.497 e. The zero-order chi connectivity index (χ0) is 27.8. The van der Waals surface area contributed by atoms with Crippen molar-refractivity contribution in [1.29, 1.82) is 0 Å². The summed E-state index contributed by atoms with van der Waals surface area (Å²) in [5.74, 6) is -0.0337. The average Bonchev–Trinajstić information content (AvgIpc) is 3.46. The van der Waals surface area contributed by atoms with Crippen LogP contribution in [0.4, 0.5) is 0 Å². The minimum Gasteiger partial charge on any atom is -0.497 e. The summed E-state index contributed by atoms with van der Waals surface area (Å²) in [6.45, 7) is 2.20. The number of carbonyl (C=O) groups excluding carboxylic acids is 1. The second-order valence-electron chi connectivity index (χ2n) is 9.64. The van der Waals surface area contributed by atoms with Gasteiger partial charge >= 0.3 is 0 Å². The Morgan fingerprint density at radius 1 is 1.15 bits per heavy atom. The van der Waals surface area contributed by atoms with E-state index >= 15 is 0 Å². The Morgan fingerprint density at radius 2 is 1.92 bits per heavy atom. The fourth-order valence-electron chi connectivity index (χ4n) is 4.60. The molecular weight excluding hydrogens is 518 g/mol. The van der Waals surface area contributed by atoms with E-state index in [-0.39, 0.29) is 29.8 Å². The lowest BCUT2D eigenvalue weighted by molar-refractivity contribution is 0.0624. The Bertz CT molecular complexity index is 1350. The predicted octanol–water partition coefficient (Wildman–Crippen LogP) is 2.97. The van der Waals surface area contributed by atoms with E-state index in [9.17, 15) is 18.3 Å². The smallest absolute Gasteiger partial charge is 0.270 e. The quantitative estimate of drug-likeness (QED) is 0.354. The van der Waals surface area contributed by atoms with Crippen LogP contribution >= 0.6 is 0 Å². The van der Waals surface area contributed by atoms with Gasteiger partial charge in [-0.05, 0) is 56.0 Å². The summed E-state index contributed by atoms with van der Waals surface area (Å²) < 4.78 is 39.8. The summed E-state index contributed by atoms with van der Waals surface area (Å²) in [5.41, 5.74) is 1.80. The van der Waals surface area contributed by atoms with E-state index in [0.29, 0.717) is 24.5 Å². The van der Waals surface area contributed by atoms with Crippen molar-refractivity contribution < 1.29 is 27.8 Å². The van der Waals surface area contributed by atoms with Crippen LogP contribution < -0.4 is 10.1 Å². The molecule has 0 spiro atoms. The topological polar surface area (TPSA) is 118 Å². The number of hydrogen-bond donors (Lipinski definition) is 2. The molecule has 0 aliphatic carbocycles. The van der Waals surface area contributed by atoms with Gasteiger partial charge in [0.05, 0.1) is 30.3 Å². The normalized spacial score (nSPS) is 17.1. The van der Waals surface area contributed by atoms with Crippen molar-refractivity contribution in [3.8, 4) is 5.75 Å². The molecule has 1 aliphatic heterocycles. The summed E-state index contributed by atoms with van der Waals surface area (Å²) in [6.07, 6.45) is 0.365. The van der Waals surface area contributed by atoms with Gasteiger partial charge < -0.3 is 19.9 Å². The summed E-state index contributed by atoms with van der Waals surface area (Å²) in [4.78, 5) is 17.4. The summed E-state index contributed by atoms with van der Waals surface area (Å²) in [7, 11) is -2.55. The number of nitrogens with zero attached hydrogens (tertiary/aromatic N) is 2. The number of ether oxygens (including phenoxy) is 2. The Morgan fingerprint density at radius 3 is 2.62 bits per heavy atom. The van der Waals surface area contributed by atoms with Crippen LogP contribution in [0.5, 0.6) is 5.75 Å². The fraction of sp³-hybridized carbons (Fsp3) is 0.379. The zero-order valence-electron chi connectivity index (χ0n) is 22.2. The third kappa shape index (κ3) is 7.63. The minimum absolute atomic E-state index is 0.0552. The first-order chi connectivity index (χ1) is 18.8. The molecule has 0 saturated carbocycles. The van der Waals surface area contributed by atoms with Crippen molar-refractivity contribution in [1.82, 2.24) is 14.6 Å². The molecule has 2 N–H and O–H groups in total. The van der Waals surface area contributed by atoms with Crippen molar-refractivity contribution in [3.63, 3.8) is 0 Å². The Hall–Kier alpha value is -3.31. The van der Waals surface area contributed by atoms with Gasteiger partial charge in [-0.1, -0.05) is 42.5 Å². The number of aryl methyl sites for hydroxylation is 1. The van der Waals surface area contributed by atoms with Crippen LogP contribution in [0.2, 0.25) is 0 Å². The van der Waals surface area contributed by atoms with Crippen LogP contribution in [-0.2, 0) is 21.2 Å². The van der Waals surface area contributed by atoms with Crippen molar-refractivity contribution in [2.24, 2.45) is 0 Å². The molecule has 0 radical (unpaired) electrons. The number of benzene rings is 2. The molecule has 0 unspecified atom stereocenters. The number of sulfonamides is 1. The third-order valence-corrected chi connectivity index (χ3v) is 8.53. The van der Waals surface area contributed by atoms with Gasteiger partial charge in [-0.25, -0.2) is 13.4 Å². The SMILES string of the molecule is COc1cccc(S(=O)(=O)N(C[C@H]2CCCO2)C[C@@H](O)[C@H](Cc2ccccc2)NC(=O)c2cccc(C)n2)c1. The van der Waals surface area contributed by atoms with Gasteiger partial charge in [0.25, 0.3) is 5.91 Å². The Kier molecular flexibility index (Phi) is 9.68. The van der Waals surface area contributed by atoms with Gasteiger partial charge in [0.15, 0.2) is 0 Å². The van der Waals surface area contributed by atoms with E-state index in [0.717, 1.165) is 18.4 Å². The summed E-state index contributed by atoms with van der Waals surface area (Å²) in [6, 6.07) is 20.0. The number of amides is 1. The first-order valence-corrected chi connectivity index (χ1v) is 14.4. The molecule has 1 amide bonds. The van der Waals surface area contributed by atoms with Crippen LogP contribution in [0.3, 0.4) is 0 Å². The molecule has 2 heterocycles. The lowest BCUT2D eigenvalue weighted by atomic mass is 10.0. The fourth-order valence-corrected chi connectivity index (χ4v) is 6.12. The molecule has 10 heteroatoms. The van der Waals surface area contributed by atoms with Crippen LogP contribution in [0, 0.1) is 6.92 Å². The highest BCUT2D eigenvalue weighted by Crippen LogP contribution is 2.24. The van der Waals surface area contributed by atoms with E-state index in [1.165, 1.54) is 23.5 Å². The average molecular weight is 554 g/mol. The standard InChI is InChI=1S/C29H35N3O6S/c1-21-9-6-15-26(30-21)29(34)31-27(17-22-10-4-3-5-11-22)28(33)20-32(19-24-13-8-16-38-24)39(35,36)25-14-7-12-23(18-25)37-2/h3-7,9-12,14-15,18,24,27-28,33H,8,13,16-17,19-20H2,1-2H3,(H,31,34)/t24-,27+,28-/m1/s1. The van der Waals surface area contributed by atoms with Gasteiger partial charge in [0, 0.05) is 31.5 Å². The predicted molar refractivity (Wildman–Crippen MR) is 147 cm³/mol. The number of methoxy groups -OCH3 is 1. The second kappa shape index (κ2) is 13.2. The zero-order valence-corrected chi connectivity index (χ0v) is 23.0. The highest BCUT2D eigenvalue weighted by Gasteiger charge is 2.34. The van der Waals surface area contributed by atoms with E-state index in [1.54, 1.807) is 37.3 Å². The van der Waals surface area contributed by atoms with Crippen LogP contribution in [0.25, 0.3) is 0 Å². The van der Waals surface area contributed by atoms with E-state index in [1.807, 2.05) is 30.3 Å². The van der Waals surface area contributed by atoms with E-state index < -0.39 is 28.1 Å². The molecule has 1 aromatic heterocycles. The number of aliphatic hydroxyl groups is 1. The van der Waals surface area contributed by atoms with Crippen molar-refractivity contribution in [3.05, 3.63) is 89.7 Å². The Balaban J connectivity index is 1.61. The van der Waals surface area contributed by atoms with Gasteiger partial charge in [-0.15, -0.1) is 0 Å². The molecule has 9 nitrogen and oxygen atoms in total. The first kappa shape index (κ1) is 28.7. The Labute approximate surface area is 229 Å². The molecule has 3 atom stereocenters. The van der Waals surface area contributed by atoms with Crippen molar-refractivity contribution in [2.45, 2.75) is 49.3 Å². The van der Waals surface area contributed by atoms with Gasteiger partial charge in [-0.2, -0.15) is 4.31 Å². The van der Waals surface area contributed by atoms with Gasteiger partial charge in [0.2, 0.25) is 10.0 Å². The molecule has 3 aromatic rings. The van der Waals surface area contributed by atoms with Gasteiger partial charge in [0.1, 0.15) is 11.4 Å². The lowest BCUT2D eigenvalue weighted by Crippen LogP contribution is -2.51. The second-order valence-corrected chi connectivity index (χ2v) is 11.6. The van der Waals surface area contributed by atoms with E-state index in [4.69, 9.17) is 9.47 Å². The first-order valence-electron chi connectivity index (χ1n) is 13.0.